The van der Waals surface area contributed by atoms with Gasteiger partial charge in [-0.25, -0.2) is 0 Å². The fraction of sp³-hybridized carbons (Fsp3) is 0.310. The van der Waals surface area contributed by atoms with E-state index in [1.54, 1.807) is 6.92 Å². The van der Waals surface area contributed by atoms with E-state index >= 15 is 0 Å². The lowest BCUT2D eigenvalue weighted by molar-refractivity contribution is -0.122. The van der Waals surface area contributed by atoms with Gasteiger partial charge >= 0.3 is 0 Å². The van der Waals surface area contributed by atoms with Crippen molar-refractivity contribution in [2.45, 2.75) is 39.8 Å². The molecule has 4 nitrogen and oxygen atoms in total. The van der Waals surface area contributed by atoms with Crippen LogP contribution in [0.4, 0.5) is 0 Å². The molecule has 3 aromatic rings. The molecule has 0 amide bonds. The Morgan fingerprint density at radius 1 is 0.909 bits per heavy atom. The molecule has 170 valence electrons. The zero-order chi connectivity index (χ0) is 23.0. The predicted molar refractivity (Wildman–Crippen MR) is 134 cm³/mol. The lowest BCUT2D eigenvalue weighted by Gasteiger charge is -2.31. The van der Waals surface area contributed by atoms with E-state index in [0.29, 0.717) is 12.4 Å². The molecule has 0 N–H and O–H groups in total. The third kappa shape index (κ3) is 6.39. The number of oxime groups is 1. The third-order valence-corrected chi connectivity index (χ3v) is 6.35. The quantitative estimate of drug-likeness (QED) is 0.314. The molecule has 1 heterocycles. The first-order chi connectivity index (χ1) is 16.1. The zero-order valence-corrected chi connectivity index (χ0v) is 19.5. The number of carbonyl (C=O) groups is 1. The summed E-state index contributed by atoms with van der Waals surface area (Å²) in [4.78, 5) is 19.7. The van der Waals surface area contributed by atoms with Crippen LogP contribution in [0.5, 0.6) is 0 Å². The highest BCUT2D eigenvalue weighted by Gasteiger charge is 2.22. The van der Waals surface area contributed by atoms with Crippen LogP contribution in [-0.4, -0.2) is 29.5 Å². The number of Topliss-reactive ketones (excluding diaryl/α,β-unsaturated/α-hetero) is 1. The second kappa shape index (κ2) is 11.1. The molecule has 1 aliphatic rings. The van der Waals surface area contributed by atoms with Crippen molar-refractivity contribution in [2.75, 3.05) is 13.1 Å². The summed E-state index contributed by atoms with van der Waals surface area (Å²) in [6, 6.07) is 27.2. The SMILES string of the molecule is CC(=O)C1CCCN(Cc2ccc(/C(C)=N/OCc3ccc(-c4ccccc4)cc3)cc2)C1. The molecule has 1 saturated heterocycles. The van der Waals surface area contributed by atoms with Crippen molar-refractivity contribution >= 4 is 11.5 Å². The third-order valence-electron chi connectivity index (χ3n) is 6.35. The van der Waals surface area contributed by atoms with E-state index in [0.717, 1.165) is 49.3 Å². The van der Waals surface area contributed by atoms with E-state index in [2.05, 4.69) is 70.7 Å². The van der Waals surface area contributed by atoms with Crippen molar-refractivity contribution in [2.24, 2.45) is 11.1 Å². The lowest BCUT2D eigenvalue weighted by atomic mass is 9.94. The smallest absolute Gasteiger partial charge is 0.142 e. The number of likely N-dealkylation sites (tertiary alicyclic amines) is 1. The van der Waals surface area contributed by atoms with E-state index < -0.39 is 0 Å². The fourth-order valence-corrected chi connectivity index (χ4v) is 4.32. The first-order valence-electron chi connectivity index (χ1n) is 11.7. The van der Waals surface area contributed by atoms with Crippen LogP contribution in [0.2, 0.25) is 0 Å². The minimum absolute atomic E-state index is 0.194. The number of benzene rings is 3. The van der Waals surface area contributed by atoms with Gasteiger partial charge in [0.05, 0.1) is 5.71 Å². The summed E-state index contributed by atoms with van der Waals surface area (Å²) in [6.07, 6.45) is 2.12. The lowest BCUT2D eigenvalue weighted by Crippen LogP contribution is -2.37. The molecule has 4 rings (SSSR count). The minimum atomic E-state index is 0.194. The van der Waals surface area contributed by atoms with Crippen LogP contribution in [-0.2, 0) is 22.8 Å². The van der Waals surface area contributed by atoms with Crippen molar-refractivity contribution in [3.05, 3.63) is 95.6 Å². The molecule has 1 fully saturated rings. The molecule has 0 aromatic heterocycles. The van der Waals surface area contributed by atoms with Crippen molar-refractivity contribution in [1.82, 2.24) is 4.90 Å². The van der Waals surface area contributed by atoms with Crippen LogP contribution in [0.25, 0.3) is 11.1 Å². The maximum atomic E-state index is 11.7. The Morgan fingerprint density at radius 2 is 1.58 bits per heavy atom. The van der Waals surface area contributed by atoms with Gasteiger partial charge in [0.25, 0.3) is 0 Å². The topological polar surface area (TPSA) is 41.9 Å². The molecular weight excluding hydrogens is 408 g/mol. The van der Waals surface area contributed by atoms with E-state index in [1.165, 1.54) is 16.7 Å². The second-order valence-corrected chi connectivity index (χ2v) is 8.89. The summed E-state index contributed by atoms with van der Waals surface area (Å²) in [7, 11) is 0. The molecule has 0 aliphatic carbocycles. The Kier molecular flexibility index (Phi) is 7.69. The molecule has 0 bridgehead atoms. The maximum absolute atomic E-state index is 11.7. The van der Waals surface area contributed by atoms with Crippen LogP contribution in [0.15, 0.2) is 84.0 Å². The van der Waals surface area contributed by atoms with Gasteiger partial charge in [0.2, 0.25) is 0 Å². The summed E-state index contributed by atoms with van der Waals surface area (Å²) < 4.78 is 0. The summed E-state index contributed by atoms with van der Waals surface area (Å²) in [5.41, 5.74) is 6.67. The first kappa shape index (κ1) is 22.9. The molecule has 0 spiro atoms. The molecule has 0 saturated carbocycles. The van der Waals surface area contributed by atoms with Crippen molar-refractivity contribution in [3.8, 4) is 11.1 Å². The maximum Gasteiger partial charge on any atom is 0.142 e. The minimum Gasteiger partial charge on any atom is -0.391 e. The van der Waals surface area contributed by atoms with Gasteiger partial charge in [0.15, 0.2) is 0 Å². The number of piperidine rings is 1. The summed E-state index contributed by atoms with van der Waals surface area (Å²) in [5, 5.41) is 4.31. The largest absolute Gasteiger partial charge is 0.391 e. The Bertz CT molecular complexity index is 1070. The van der Waals surface area contributed by atoms with E-state index in [1.807, 2.05) is 25.1 Å². The highest BCUT2D eigenvalue weighted by molar-refractivity contribution is 5.98. The Balaban J connectivity index is 1.28. The number of nitrogens with zero attached hydrogens (tertiary/aromatic N) is 2. The Labute approximate surface area is 196 Å². The number of ketones is 1. The monoisotopic (exact) mass is 440 g/mol. The number of rotatable bonds is 8. The average Bonchev–Trinajstić information content (AvgIpc) is 2.85. The van der Waals surface area contributed by atoms with Gasteiger partial charge in [-0.2, -0.15) is 0 Å². The summed E-state index contributed by atoms with van der Waals surface area (Å²) >= 11 is 0. The second-order valence-electron chi connectivity index (χ2n) is 8.89. The normalized spacial score (nSPS) is 17.0. The van der Waals surface area contributed by atoms with Crippen molar-refractivity contribution in [1.29, 1.82) is 0 Å². The average molecular weight is 441 g/mol. The molecule has 4 heteroatoms. The van der Waals surface area contributed by atoms with Gasteiger partial charge in [-0.15, -0.1) is 0 Å². The van der Waals surface area contributed by atoms with E-state index in [9.17, 15) is 4.79 Å². The van der Waals surface area contributed by atoms with Gasteiger partial charge in [0.1, 0.15) is 12.4 Å². The van der Waals surface area contributed by atoms with Crippen LogP contribution >= 0.6 is 0 Å². The van der Waals surface area contributed by atoms with Crippen molar-refractivity contribution < 1.29 is 9.63 Å². The standard InChI is InChI=1S/C29H32N2O2/c1-22(30-33-21-25-12-16-28(17-13-25)27-7-4-3-5-8-27)26-14-10-24(11-15-26)19-31-18-6-9-29(20-31)23(2)32/h3-5,7-8,10-17,29H,6,9,18-21H2,1-2H3/b30-22+. The zero-order valence-electron chi connectivity index (χ0n) is 19.5. The predicted octanol–water partition coefficient (Wildman–Crippen LogP) is 6.10. The van der Waals surface area contributed by atoms with Gasteiger partial charge < -0.3 is 4.84 Å². The molecule has 0 radical (unpaired) electrons. The molecule has 1 aliphatic heterocycles. The molecule has 33 heavy (non-hydrogen) atoms. The molecule has 3 aromatic carbocycles. The Hall–Kier alpha value is -3.24. The number of hydrogen-bond donors (Lipinski definition) is 0. The van der Waals surface area contributed by atoms with Gasteiger partial charge in [-0.05, 0) is 61.1 Å². The van der Waals surface area contributed by atoms with Crippen LogP contribution in [0.1, 0.15) is 43.4 Å². The number of hydrogen-bond acceptors (Lipinski definition) is 4. The van der Waals surface area contributed by atoms with Crippen LogP contribution < -0.4 is 0 Å². The first-order valence-corrected chi connectivity index (χ1v) is 11.7. The summed E-state index contributed by atoms with van der Waals surface area (Å²) in [5.74, 6) is 0.508. The van der Waals surface area contributed by atoms with Gasteiger partial charge in [-0.1, -0.05) is 84.0 Å². The summed E-state index contributed by atoms with van der Waals surface area (Å²) in [6.45, 7) is 6.94. The number of carbonyl (C=O) groups excluding carboxylic acids is 1. The fourth-order valence-electron chi connectivity index (χ4n) is 4.32. The van der Waals surface area contributed by atoms with Gasteiger partial charge in [0, 0.05) is 19.0 Å². The Morgan fingerprint density at radius 3 is 2.27 bits per heavy atom. The van der Waals surface area contributed by atoms with Crippen molar-refractivity contribution in [3.63, 3.8) is 0 Å². The van der Waals surface area contributed by atoms with Gasteiger partial charge in [-0.3, -0.25) is 9.69 Å². The van der Waals surface area contributed by atoms with E-state index in [-0.39, 0.29) is 5.92 Å². The highest BCUT2D eigenvalue weighted by atomic mass is 16.6. The molecular formula is C29H32N2O2. The molecule has 1 atom stereocenters. The highest BCUT2D eigenvalue weighted by Crippen LogP contribution is 2.21. The van der Waals surface area contributed by atoms with E-state index in [4.69, 9.17) is 4.84 Å². The van der Waals surface area contributed by atoms with Crippen LogP contribution in [0, 0.1) is 5.92 Å². The molecule has 1 unspecified atom stereocenters. The van der Waals surface area contributed by atoms with Crippen LogP contribution in [0.3, 0.4) is 0 Å².